The summed E-state index contributed by atoms with van der Waals surface area (Å²) in [5.74, 6) is 0.734. The van der Waals surface area contributed by atoms with Crippen LogP contribution in [0.5, 0.6) is 5.75 Å². The Morgan fingerprint density at radius 1 is 1.25 bits per heavy atom. The SMILES string of the molecule is Nc1ccc(OCCn2cnc3ccsc3c2=O)cc1. The number of nitrogen functional groups attached to an aromatic ring is 1. The van der Waals surface area contributed by atoms with E-state index in [1.165, 1.54) is 11.3 Å². The standard InChI is InChI=1S/C14H13N3O2S/c15-10-1-3-11(4-2-10)19-7-6-17-9-16-12-5-8-20-13(12)14(17)18/h1-5,8-9H,6-7,15H2. The molecule has 0 atom stereocenters. The molecule has 0 fully saturated rings. The summed E-state index contributed by atoms with van der Waals surface area (Å²) in [6.07, 6.45) is 1.56. The molecule has 0 radical (unpaired) electrons. The molecule has 3 rings (SSSR count). The maximum absolute atomic E-state index is 12.1. The van der Waals surface area contributed by atoms with Gasteiger partial charge in [0.2, 0.25) is 0 Å². The predicted octanol–water partition coefficient (Wildman–Crippen LogP) is 2.12. The maximum Gasteiger partial charge on any atom is 0.271 e. The van der Waals surface area contributed by atoms with Crippen molar-refractivity contribution < 1.29 is 4.74 Å². The molecule has 0 saturated heterocycles. The second-order valence-electron chi connectivity index (χ2n) is 4.30. The lowest BCUT2D eigenvalue weighted by molar-refractivity contribution is 0.296. The fraction of sp³-hybridized carbons (Fsp3) is 0.143. The van der Waals surface area contributed by atoms with Crippen molar-refractivity contribution in [2.24, 2.45) is 0 Å². The molecule has 0 aliphatic rings. The van der Waals surface area contributed by atoms with Gasteiger partial charge in [0.15, 0.2) is 0 Å². The molecule has 0 saturated carbocycles. The number of anilines is 1. The molecule has 5 nitrogen and oxygen atoms in total. The molecule has 20 heavy (non-hydrogen) atoms. The zero-order valence-corrected chi connectivity index (χ0v) is 11.5. The first-order valence-corrected chi connectivity index (χ1v) is 7.03. The summed E-state index contributed by atoms with van der Waals surface area (Å²) in [7, 11) is 0. The second-order valence-corrected chi connectivity index (χ2v) is 5.21. The molecule has 0 aliphatic carbocycles. The summed E-state index contributed by atoms with van der Waals surface area (Å²) in [4.78, 5) is 16.4. The predicted molar refractivity (Wildman–Crippen MR) is 80.2 cm³/mol. The molecule has 1 aromatic carbocycles. The van der Waals surface area contributed by atoms with Gasteiger partial charge in [-0.15, -0.1) is 11.3 Å². The Morgan fingerprint density at radius 2 is 2.05 bits per heavy atom. The number of hydrogen-bond acceptors (Lipinski definition) is 5. The van der Waals surface area contributed by atoms with Gasteiger partial charge >= 0.3 is 0 Å². The third-order valence-corrected chi connectivity index (χ3v) is 3.81. The minimum atomic E-state index is -0.0223. The topological polar surface area (TPSA) is 70.1 Å². The molecular formula is C14H13N3O2S. The fourth-order valence-electron chi connectivity index (χ4n) is 1.86. The molecular weight excluding hydrogens is 274 g/mol. The van der Waals surface area contributed by atoms with Gasteiger partial charge in [-0.2, -0.15) is 0 Å². The van der Waals surface area contributed by atoms with Gasteiger partial charge in [0, 0.05) is 5.69 Å². The molecule has 0 spiro atoms. The van der Waals surface area contributed by atoms with Crippen LogP contribution < -0.4 is 16.0 Å². The molecule has 0 unspecified atom stereocenters. The van der Waals surface area contributed by atoms with E-state index in [-0.39, 0.29) is 5.56 Å². The highest BCUT2D eigenvalue weighted by Gasteiger charge is 2.05. The molecule has 2 aromatic heterocycles. The van der Waals surface area contributed by atoms with Crippen molar-refractivity contribution in [3.05, 3.63) is 52.4 Å². The summed E-state index contributed by atoms with van der Waals surface area (Å²) in [6, 6.07) is 9.01. The summed E-state index contributed by atoms with van der Waals surface area (Å²) in [5, 5.41) is 1.87. The average Bonchev–Trinajstić information content (AvgIpc) is 2.93. The van der Waals surface area contributed by atoms with Crippen LogP contribution >= 0.6 is 11.3 Å². The maximum atomic E-state index is 12.1. The molecule has 102 valence electrons. The van der Waals surface area contributed by atoms with Crippen molar-refractivity contribution in [2.75, 3.05) is 12.3 Å². The van der Waals surface area contributed by atoms with E-state index in [1.807, 2.05) is 11.4 Å². The molecule has 0 amide bonds. The number of nitrogens with two attached hydrogens (primary N) is 1. The van der Waals surface area contributed by atoms with Crippen LogP contribution in [0.1, 0.15) is 0 Å². The van der Waals surface area contributed by atoms with Crippen LogP contribution in [0.3, 0.4) is 0 Å². The number of rotatable bonds is 4. The van der Waals surface area contributed by atoms with Crippen LogP contribution in [0.15, 0.2) is 46.8 Å². The number of fused-ring (bicyclic) bond motifs is 1. The Kier molecular flexibility index (Phi) is 3.39. The first kappa shape index (κ1) is 12.7. The Bertz CT molecular complexity index is 777. The van der Waals surface area contributed by atoms with Gasteiger partial charge in [-0.05, 0) is 35.7 Å². The average molecular weight is 287 g/mol. The molecule has 2 N–H and O–H groups in total. The van der Waals surface area contributed by atoms with E-state index in [4.69, 9.17) is 10.5 Å². The molecule has 2 heterocycles. The third-order valence-electron chi connectivity index (χ3n) is 2.92. The summed E-state index contributed by atoms with van der Waals surface area (Å²) < 4.78 is 7.82. The molecule has 3 aromatic rings. The van der Waals surface area contributed by atoms with Crippen molar-refractivity contribution in [1.29, 1.82) is 0 Å². The highest BCUT2D eigenvalue weighted by molar-refractivity contribution is 7.17. The zero-order valence-electron chi connectivity index (χ0n) is 10.7. The normalized spacial score (nSPS) is 10.8. The lowest BCUT2D eigenvalue weighted by Crippen LogP contribution is -2.22. The molecule has 0 bridgehead atoms. The fourth-order valence-corrected chi connectivity index (χ4v) is 2.66. The van der Waals surface area contributed by atoms with Gasteiger partial charge in [0.05, 0.1) is 18.4 Å². The number of hydrogen-bond donors (Lipinski definition) is 1. The van der Waals surface area contributed by atoms with E-state index in [0.29, 0.717) is 23.5 Å². The van der Waals surface area contributed by atoms with Crippen LogP contribution in [0.2, 0.25) is 0 Å². The summed E-state index contributed by atoms with van der Waals surface area (Å²) in [6.45, 7) is 0.867. The van der Waals surface area contributed by atoms with Crippen molar-refractivity contribution in [3.8, 4) is 5.75 Å². The van der Waals surface area contributed by atoms with Crippen LogP contribution in [0.25, 0.3) is 10.2 Å². The Hall–Kier alpha value is -2.34. The Labute approximate surface area is 119 Å². The van der Waals surface area contributed by atoms with Gasteiger partial charge in [-0.1, -0.05) is 0 Å². The van der Waals surface area contributed by atoms with Gasteiger partial charge < -0.3 is 10.5 Å². The first-order chi connectivity index (χ1) is 9.74. The lowest BCUT2D eigenvalue weighted by atomic mass is 10.3. The second kappa shape index (κ2) is 5.34. The van der Waals surface area contributed by atoms with Gasteiger partial charge in [-0.25, -0.2) is 4.98 Å². The van der Waals surface area contributed by atoms with E-state index in [0.717, 1.165) is 11.3 Å². The van der Waals surface area contributed by atoms with Gasteiger partial charge in [0.25, 0.3) is 5.56 Å². The third kappa shape index (κ3) is 2.50. The monoisotopic (exact) mass is 287 g/mol. The van der Waals surface area contributed by atoms with E-state index in [1.54, 1.807) is 35.2 Å². The number of thiophene rings is 1. The van der Waals surface area contributed by atoms with Crippen molar-refractivity contribution in [3.63, 3.8) is 0 Å². The van der Waals surface area contributed by atoms with Crippen molar-refractivity contribution >= 4 is 27.2 Å². The number of benzene rings is 1. The van der Waals surface area contributed by atoms with E-state index in [9.17, 15) is 4.79 Å². The van der Waals surface area contributed by atoms with Crippen molar-refractivity contribution in [2.45, 2.75) is 6.54 Å². The van der Waals surface area contributed by atoms with Crippen molar-refractivity contribution in [1.82, 2.24) is 9.55 Å². The smallest absolute Gasteiger partial charge is 0.271 e. The quantitative estimate of drug-likeness (QED) is 0.746. The van der Waals surface area contributed by atoms with E-state index < -0.39 is 0 Å². The Balaban J connectivity index is 1.69. The molecule has 0 aliphatic heterocycles. The van der Waals surface area contributed by atoms with Gasteiger partial charge in [0.1, 0.15) is 17.1 Å². The minimum Gasteiger partial charge on any atom is -0.492 e. The number of nitrogens with zero attached hydrogens (tertiary/aromatic N) is 2. The minimum absolute atomic E-state index is 0.0223. The van der Waals surface area contributed by atoms with Crippen LogP contribution in [-0.4, -0.2) is 16.2 Å². The van der Waals surface area contributed by atoms with E-state index >= 15 is 0 Å². The summed E-state index contributed by atoms with van der Waals surface area (Å²) >= 11 is 1.41. The number of aromatic nitrogens is 2. The zero-order chi connectivity index (χ0) is 13.9. The highest BCUT2D eigenvalue weighted by Crippen LogP contribution is 2.14. The number of ether oxygens (including phenoxy) is 1. The lowest BCUT2D eigenvalue weighted by Gasteiger charge is -2.08. The molecule has 6 heteroatoms. The Morgan fingerprint density at radius 3 is 2.85 bits per heavy atom. The van der Waals surface area contributed by atoms with E-state index in [2.05, 4.69) is 4.98 Å². The highest BCUT2D eigenvalue weighted by atomic mass is 32.1. The van der Waals surface area contributed by atoms with Crippen LogP contribution in [0, 0.1) is 0 Å². The largest absolute Gasteiger partial charge is 0.492 e. The first-order valence-electron chi connectivity index (χ1n) is 6.15. The van der Waals surface area contributed by atoms with Crippen LogP contribution in [-0.2, 0) is 6.54 Å². The van der Waals surface area contributed by atoms with Gasteiger partial charge in [-0.3, -0.25) is 9.36 Å². The summed E-state index contributed by atoms with van der Waals surface area (Å²) in [5.41, 5.74) is 7.02. The van der Waals surface area contributed by atoms with Crippen LogP contribution in [0.4, 0.5) is 5.69 Å².